The second-order valence-corrected chi connectivity index (χ2v) is 6.79. The molecule has 1 aliphatic heterocycles. The summed E-state index contributed by atoms with van der Waals surface area (Å²) in [5.74, 6) is 1.51. The van der Waals surface area contributed by atoms with Gasteiger partial charge in [-0.25, -0.2) is 0 Å². The van der Waals surface area contributed by atoms with Crippen LogP contribution in [0.4, 0.5) is 0 Å². The molecule has 3 heteroatoms. The van der Waals surface area contributed by atoms with E-state index >= 15 is 0 Å². The minimum atomic E-state index is -0.688. The van der Waals surface area contributed by atoms with E-state index in [1.807, 2.05) is 18.2 Å². The van der Waals surface area contributed by atoms with Crippen molar-refractivity contribution >= 4 is 0 Å². The van der Waals surface area contributed by atoms with Gasteiger partial charge >= 0.3 is 0 Å². The van der Waals surface area contributed by atoms with Gasteiger partial charge in [0.15, 0.2) is 0 Å². The summed E-state index contributed by atoms with van der Waals surface area (Å²) in [4.78, 5) is 0. The van der Waals surface area contributed by atoms with Crippen molar-refractivity contribution in [1.29, 1.82) is 0 Å². The fraction of sp³-hybridized carbons (Fsp3) is 0.647. The summed E-state index contributed by atoms with van der Waals surface area (Å²) < 4.78 is 5.94. The zero-order chi connectivity index (χ0) is 14.2. The highest BCUT2D eigenvalue weighted by molar-refractivity contribution is 5.37. The standard InChI is InChI=1S/C17H25NO2/c1-13-5-4-8-17(19,9-13)16(11-18)10-14-6-2-3-7-15(14)20-12-16/h2-3,6-7,13,19H,4-5,8-12,18H2,1H3. The van der Waals surface area contributed by atoms with Crippen molar-refractivity contribution in [2.24, 2.45) is 17.1 Å². The molecule has 20 heavy (non-hydrogen) atoms. The molecule has 3 unspecified atom stereocenters. The molecule has 1 aromatic carbocycles. The quantitative estimate of drug-likeness (QED) is 0.872. The molecule has 1 aromatic rings. The molecule has 110 valence electrons. The van der Waals surface area contributed by atoms with Gasteiger partial charge in [-0.2, -0.15) is 0 Å². The predicted molar refractivity (Wildman–Crippen MR) is 79.7 cm³/mol. The molecule has 0 radical (unpaired) electrons. The van der Waals surface area contributed by atoms with Crippen LogP contribution in [0.25, 0.3) is 0 Å². The highest BCUT2D eigenvalue weighted by atomic mass is 16.5. The molecular weight excluding hydrogens is 250 g/mol. The lowest BCUT2D eigenvalue weighted by atomic mass is 9.60. The Labute approximate surface area is 121 Å². The van der Waals surface area contributed by atoms with E-state index in [-0.39, 0.29) is 5.41 Å². The van der Waals surface area contributed by atoms with Crippen LogP contribution in [-0.4, -0.2) is 23.9 Å². The SMILES string of the molecule is CC1CCCC(O)(C2(CN)COc3ccccc3C2)C1. The third-order valence-electron chi connectivity index (χ3n) is 5.36. The fourth-order valence-electron chi connectivity index (χ4n) is 4.05. The largest absolute Gasteiger partial charge is 0.493 e. The summed E-state index contributed by atoms with van der Waals surface area (Å²) in [7, 11) is 0. The maximum absolute atomic E-state index is 11.3. The number of hydrogen-bond acceptors (Lipinski definition) is 3. The molecule has 0 spiro atoms. The lowest BCUT2D eigenvalue weighted by molar-refractivity contribution is -0.136. The van der Waals surface area contributed by atoms with E-state index in [9.17, 15) is 5.11 Å². The molecule has 1 saturated carbocycles. The molecule has 0 saturated heterocycles. The first kappa shape index (κ1) is 13.9. The number of hydrogen-bond donors (Lipinski definition) is 2. The second-order valence-electron chi connectivity index (χ2n) is 6.79. The number of ether oxygens (including phenoxy) is 1. The number of benzene rings is 1. The molecule has 0 aromatic heterocycles. The van der Waals surface area contributed by atoms with Gasteiger partial charge in [-0.1, -0.05) is 38.0 Å². The molecule has 3 rings (SSSR count). The van der Waals surface area contributed by atoms with Crippen molar-refractivity contribution in [2.75, 3.05) is 13.2 Å². The van der Waals surface area contributed by atoms with Crippen molar-refractivity contribution in [2.45, 2.75) is 44.6 Å². The Balaban J connectivity index is 1.93. The number of fused-ring (bicyclic) bond motifs is 1. The minimum Gasteiger partial charge on any atom is -0.493 e. The van der Waals surface area contributed by atoms with Gasteiger partial charge in [0, 0.05) is 12.0 Å². The first-order valence-corrected chi connectivity index (χ1v) is 7.72. The van der Waals surface area contributed by atoms with Crippen LogP contribution in [0.3, 0.4) is 0 Å². The van der Waals surface area contributed by atoms with E-state index < -0.39 is 5.60 Å². The number of aliphatic hydroxyl groups is 1. The maximum Gasteiger partial charge on any atom is 0.122 e. The van der Waals surface area contributed by atoms with E-state index in [2.05, 4.69) is 13.0 Å². The lowest BCUT2D eigenvalue weighted by Crippen LogP contribution is -2.60. The summed E-state index contributed by atoms with van der Waals surface area (Å²) in [5.41, 5.74) is 6.27. The van der Waals surface area contributed by atoms with Crippen LogP contribution in [0.15, 0.2) is 24.3 Å². The lowest BCUT2D eigenvalue weighted by Gasteiger charge is -2.51. The van der Waals surface area contributed by atoms with Crippen LogP contribution in [0.5, 0.6) is 5.75 Å². The van der Waals surface area contributed by atoms with E-state index in [1.165, 1.54) is 12.0 Å². The number of rotatable bonds is 2. The Bertz CT molecular complexity index is 490. The topological polar surface area (TPSA) is 55.5 Å². The Morgan fingerprint density at radius 3 is 2.95 bits per heavy atom. The summed E-state index contributed by atoms with van der Waals surface area (Å²) in [6, 6.07) is 8.12. The molecule has 0 amide bonds. The van der Waals surface area contributed by atoms with Crippen molar-refractivity contribution in [3.63, 3.8) is 0 Å². The van der Waals surface area contributed by atoms with Crippen molar-refractivity contribution < 1.29 is 9.84 Å². The Kier molecular flexibility index (Phi) is 3.51. The monoisotopic (exact) mass is 275 g/mol. The summed E-state index contributed by atoms with van der Waals surface area (Å²) in [6.45, 7) is 3.24. The second kappa shape index (κ2) is 5.05. The number of para-hydroxylation sites is 1. The van der Waals surface area contributed by atoms with Crippen LogP contribution in [0.1, 0.15) is 38.2 Å². The van der Waals surface area contributed by atoms with Crippen LogP contribution >= 0.6 is 0 Å². The van der Waals surface area contributed by atoms with Gasteiger partial charge in [0.25, 0.3) is 0 Å². The summed E-state index contributed by atoms with van der Waals surface area (Å²) in [6.07, 6.45) is 4.81. The van der Waals surface area contributed by atoms with Gasteiger partial charge in [0.2, 0.25) is 0 Å². The Hall–Kier alpha value is -1.06. The fourth-order valence-corrected chi connectivity index (χ4v) is 4.05. The predicted octanol–water partition coefficient (Wildman–Crippen LogP) is 2.51. The smallest absolute Gasteiger partial charge is 0.122 e. The highest BCUT2D eigenvalue weighted by Gasteiger charge is 2.53. The van der Waals surface area contributed by atoms with Crippen molar-refractivity contribution in [3.8, 4) is 5.75 Å². The summed E-state index contributed by atoms with van der Waals surface area (Å²) in [5, 5.41) is 11.3. The maximum atomic E-state index is 11.3. The first-order chi connectivity index (χ1) is 9.59. The van der Waals surface area contributed by atoms with Gasteiger partial charge < -0.3 is 15.6 Å². The average molecular weight is 275 g/mol. The molecule has 3 nitrogen and oxygen atoms in total. The zero-order valence-electron chi connectivity index (χ0n) is 12.3. The van der Waals surface area contributed by atoms with Gasteiger partial charge in [-0.3, -0.25) is 0 Å². The van der Waals surface area contributed by atoms with Gasteiger partial charge in [-0.05, 0) is 36.8 Å². The minimum absolute atomic E-state index is 0.337. The molecule has 1 heterocycles. The van der Waals surface area contributed by atoms with E-state index in [0.29, 0.717) is 19.1 Å². The molecule has 1 fully saturated rings. The van der Waals surface area contributed by atoms with Crippen LogP contribution in [0, 0.1) is 11.3 Å². The van der Waals surface area contributed by atoms with Crippen LogP contribution in [-0.2, 0) is 6.42 Å². The third-order valence-corrected chi connectivity index (χ3v) is 5.36. The zero-order valence-corrected chi connectivity index (χ0v) is 12.3. The molecule has 1 aliphatic carbocycles. The molecular formula is C17H25NO2. The van der Waals surface area contributed by atoms with Gasteiger partial charge in [0.1, 0.15) is 5.75 Å². The third kappa shape index (κ3) is 2.13. The van der Waals surface area contributed by atoms with E-state index in [0.717, 1.165) is 31.4 Å². The Morgan fingerprint density at radius 1 is 1.40 bits per heavy atom. The van der Waals surface area contributed by atoms with Crippen molar-refractivity contribution in [3.05, 3.63) is 29.8 Å². The van der Waals surface area contributed by atoms with Gasteiger partial charge in [0.05, 0.1) is 12.2 Å². The normalized spacial score (nSPS) is 37.0. The number of nitrogens with two attached hydrogens (primary N) is 1. The van der Waals surface area contributed by atoms with Crippen molar-refractivity contribution in [1.82, 2.24) is 0 Å². The van der Waals surface area contributed by atoms with E-state index in [1.54, 1.807) is 0 Å². The van der Waals surface area contributed by atoms with Crippen LogP contribution < -0.4 is 10.5 Å². The first-order valence-electron chi connectivity index (χ1n) is 7.72. The average Bonchev–Trinajstić information content (AvgIpc) is 2.46. The highest BCUT2D eigenvalue weighted by Crippen LogP contribution is 2.48. The molecule has 3 N–H and O–H groups in total. The van der Waals surface area contributed by atoms with E-state index in [4.69, 9.17) is 10.5 Å². The summed E-state index contributed by atoms with van der Waals surface area (Å²) >= 11 is 0. The Morgan fingerprint density at radius 2 is 2.20 bits per heavy atom. The molecule has 3 atom stereocenters. The molecule has 0 bridgehead atoms. The molecule has 2 aliphatic rings. The van der Waals surface area contributed by atoms with Crippen LogP contribution in [0.2, 0.25) is 0 Å². The van der Waals surface area contributed by atoms with Gasteiger partial charge in [-0.15, -0.1) is 0 Å².